The lowest BCUT2D eigenvalue weighted by atomic mass is 10.4. The third kappa shape index (κ3) is 3.17. The van der Waals surface area contributed by atoms with Gasteiger partial charge in [-0.3, -0.25) is 0 Å². The third-order valence-electron chi connectivity index (χ3n) is 2.65. The van der Waals surface area contributed by atoms with E-state index < -0.39 is 15.8 Å². The van der Waals surface area contributed by atoms with E-state index >= 15 is 0 Å². The summed E-state index contributed by atoms with van der Waals surface area (Å²) in [5.74, 6) is 0.0156. The van der Waals surface area contributed by atoms with Crippen molar-refractivity contribution in [2.75, 3.05) is 6.26 Å². The van der Waals surface area contributed by atoms with Crippen LogP contribution in [-0.4, -0.2) is 29.4 Å². The van der Waals surface area contributed by atoms with Crippen molar-refractivity contribution in [1.29, 1.82) is 0 Å². The molecule has 1 aromatic carbocycles. The Balaban J connectivity index is 2.13. The highest BCUT2D eigenvalue weighted by molar-refractivity contribution is 7.98. The molecule has 2 aromatic rings. The lowest BCUT2D eigenvalue weighted by Gasteiger charge is -2.06. The fraction of sp³-hybridized carbons (Fsp3) is 0.273. The van der Waals surface area contributed by atoms with E-state index in [4.69, 9.17) is 0 Å². The van der Waals surface area contributed by atoms with Crippen molar-refractivity contribution < 1.29 is 12.8 Å². The van der Waals surface area contributed by atoms with Crippen molar-refractivity contribution in [2.45, 2.75) is 16.6 Å². The molecular formula is C11H13FN4O2S2. The second-order valence-corrected chi connectivity index (χ2v) is 6.48. The maximum atomic E-state index is 12.8. The smallest absolute Gasteiger partial charge is 0.240 e. The fourth-order valence-electron chi connectivity index (χ4n) is 1.53. The molecule has 0 aliphatic carbocycles. The molecule has 0 saturated heterocycles. The molecule has 9 heteroatoms. The Bertz CT molecular complexity index is 698. The molecule has 1 N–H and O–H groups in total. The van der Waals surface area contributed by atoms with Gasteiger partial charge in [-0.15, -0.1) is 10.2 Å². The minimum absolute atomic E-state index is 0.00570. The molecule has 1 heterocycles. The average Bonchev–Trinajstić information content (AvgIpc) is 2.77. The molecule has 0 atom stereocenters. The number of aromatic nitrogens is 3. The van der Waals surface area contributed by atoms with Gasteiger partial charge < -0.3 is 4.57 Å². The van der Waals surface area contributed by atoms with Crippen LogP contribution < -0.4 is 4.72 Å². The molecule has 0 fully saturated rings. The third-order valence-corrected chi connectivity index (χ3v) is 4.79. The van der Waals surface area contributed by atoms with Crippen molar-refractivity contribution in [1.82, 2.24) is 19.5 Å². The first kappa shape index (κ1) is 14.9. The summed E-state index contributed by atoms with van der Waals surface area (Å²) in [6, 6.07) is 4.62. The summed E-state index contributed by atoms with van der Waals surface area (Å²) in [6.07, 6.45) is 1.86. The van der Waals surface area contributed by atoms with Crippen molar-refractivity contribution in [3.8, 4) is 0 Å². The van der Waals surface area contributed by atoms with E-state index in [1.54, 1.807) is 11.6 Å². The van der Waals surface area contributed by atoms with Gasteiger partial charge in [-0.25, -0.2) is 17.5 Å². The van der Waals surface area contributed by atoms with E-state index in [1.165, 1.54) is 23.9 Å². The van der Waals surface area contributed by atoms with Crippen LogP contribution in [0, 0.1) is 5.82 Å². The zero-order valence-corrected chi connectivity index (χ0v) is 12.5. The molecule has 6 nitrogen and oxygen atoms in total. The van der Waals surface area contributed by atoms with Crippen LogP contribution in [0.1, 0.15) is 5.82 Å². The number of nitrogens with zero attached hydrogens (tertiary/aromatic N) is 3. The summed E-state index contributed by atoms with van der Waals surface area (Å²) in [5, 5.41) is 8.51. The molecule has 0 aliphatic rings. The second kappa shape index (κ2) is 5.90. The summed E-state index contributed by atoms with van der Waals surface area (Å²) < 4.78 is 40.9. The van der Waals surface area contributed by atoms with E-state index in [0.29, 0.717) is 11.0 Å². The number of hydrogen-bond acceptors (Lipinski definition) is 5. The largest absolute Gasteiger partial charge is 0.308 e. The maximum Gasteiger partial charge on any atom is 0.240 e. The molecule has 0 unspecified atom stereocenters. The summed E-state index contributed by atoms with van der Waals surface area (Å²) in [6.45, 7) is 0.0176. The van der Waals surface area contributed by atoms with Gasteiger partial charge in [0.05, 0.1) is 11.4 Å². The number of sulfonamides is 1. The zero-order chi connectivity index (χ0) is 14.8. The van der Waals surface area contributed by atoms with Crippen LogP contribution in [0.3, 0.4) is 0 Å². The van der Waals surface area contributed by atoms with Crippen LogP contribution in [-0.2, 0) is 23.6 Å². The van der Waals surface area contributed by atoms with Gasteiger partial charge in [0.25, 0.3) is 0 Å². The Morgan fingerprint density at radius 2 is 1.95 bits per heavy atom. The van der Waals surface area contributed by atoms with E-state index in [1.807, 2.05) is 6.26 Å². The Hall–Kier alpha value is -1.45. The minimum atomic E-state index is -3.69. The highest BCUT2D eigenvalue weighted by Gasteiger charge is 2.16. The lowest BCUT2D eigenvalue weighted by Crippen LogP contribution is -2.24. The van der Waals surface area contributed by atoms with E-state index in [0.717, 1.165) is 12.1 Å². The number of halogens is 1. The first-order valence-corrected chi connectivity index (χ1v) is 8.32. The molecule has 2 rings (SSSR count). The van der Waals surface area contributed by atoms with Crippen molar-refractivity contribution in [2.24, 2.45) is 7.05 Å². The molecular weight excluding hydrogens is 303 g/mol. The Morgan fingerprint density at radius 1 is 1.30 bits per heavy atom. The number of rotatable bonds is 5. The SMILES string of the molecule is CSc1nnc(CNS(=O)(=O)c2ccc(F)cc2)n1C. The van der Waals surface area contributed by atoms with Crippen LogP contribution in [0.25, 0.3) is 0 Å². The Kier molecular flexibility index (Phi) is 4.41. The number of benzene rings is 1. The van der Waals surface area contributed by atoms with Gasteiger partial charge in [-0.1, -0.05) is 11.8 Å². The predicted octanol–water partition coefficient (Wildman–Crippen LogP) is 1.15. The van der Waals surface area contributed by atoms with Crippen LogP contribution in [0.5, 0.6) is 0 Å². The molecule has 0 radical (unpaired) electrons. The Morgan fingerprint density at radius 3 is 2.50 bits per heavy atom. The van der Waals surface area contributed by atoms with Gasteiger partial charge in [0.2, 0.25) is 10.0 Å². The first-order chi connectivity index (χ1) is 9.44. The topological polar surface area (TPSA) is 76.9 Å². The summed E-state index contributed by atoms with van der Waals surface area (Å²) >= 11 is 1.42. The van der Waals surface area contributed by atoms with Crippen molar-refractivity contribution in [3.05, 3.63) is 35.9 Å². The van der Waals surface area contributed by atoms with Crippen LogP contribution in [0.15, 0.2) is 34.3 Å². The molecule has 1 aromatic heterocycles. The van der Waals surface area contributed by atoms with Crippen LogP contribution in [0.2, 0.25) is 0 Å². The minimum Gasteiger partial charge on any atom is -0.308 e. The van der Waals surface area contributed by atoms with E-state index in [2.05, 4.69) is 14.9 Å². The van der Waals surface area contributed by atoms with Crippen LogP contribution in [0.4, 0.5) is 4.39 Å². The number of nitrogens with one attached hydrogen (secondary N) is 1. The molecule has 0 bridgehead atoms. The van der Waals surface area contributed by atoms with Crippen molar-refractivity contribution >= 4 is 21.8 Å². The van der Waals surface area contributed by atoms with Gasteiger partial charge in [-0.2, -0.15) is 0 Å². The standard InChI is InChI=1S/C11H13FN4O2S2/c1-16-10(14-15-11(16)19-2)7-13-20(17,18)9-5-3-8(12)4-6-9/h3-6,13H,7H2,1-2H3. The first-order valence-electron chi connectivity index (χ1n) is 5.61. The highest BCUT2D eigenvalue weighted by Crippen LogP contribution is 2.13. The molecule has 108 valence electrons. The summed E-state index contributed by atoms with van der Waals surface area (Å²) in [7, 11) is -1.94. The molecule has 0 amide bonds. The van der Waals surface area contributed by atoms with Gasteiger partial charge in [-0.05, 0) is 30.5 Å². The van der Waals surface area contributed by atoms with Gasteiger partial charge in [0.1, 0.15) is 11.6 Å². The summed E-state index contributed by atoms with van der Waals surface area (Å²) in [4.78, 5) is 0.00570. The summed E-state index contributed by atoms with van der Waals surface area (Å²) in [5.41, 5.74) is 0. The molecule has 20 heavy (non-hydrogen) atoms. The highest BCUT2D eigenvalue weighted by atomic mass is 32.2. The monoisotopic (exact) mass is 316 g/mol. The molecule has 0 spiro atoms. The number of hydrogen-bond donors (Lipinski definition) is 1. The van der Waals surface area contributed by atoms with E-state index in [9.17, 15) is 12.8 Å². The van der Waals surface area contributed by atoms with E-state index in [-0.39, 0.29) is 11.4 Å². The van der Waals surface area contributed by atoms with Crippen molar-refractivity contribution in [3.63, 3.8) is 0 Å². The van der Waals surface area contributed by atoms with Crippen LogP contribution >= 0.6 is 11.8 Å². The number of thioether (sulfide) groups is 1. The molecule has 0 saturated carbocycles. The molecule has 0 aliphatic heterocycles. The van der Waals surface area contributed by atoms with Gasteiger partial charge >= 0.3 is 0 Å². The normalized spacial score (nSPS) is 11.8. The van der Waals surface area contributed by atoms with Gasteiger partial charge in [0.15, 0.2) is 5.16 Å². The quantitative estimate of drug-likeness (QED) is 0.838. The lowest BCUT2D eigenvalue weighted by molar-refractivity contribution is 0.575. The van der Waals surface area contributed by atoms with Gasteiger partial charge in [0, 0.05) is 7.05 Å². The average molecular weight is 316 g/mol. The fourth-order valence-corrected chi connectivity index (χ4v) is 3.02. The maximum absolute atomic E-state index is 12.8. The zero-order valence-electron chi connectivity index (χ0n) is 10.9. The Labute approximate surface area is 120 Å². The predicted molar refractivity (Wildman–Crippen MR) is 73.2 cm³/mol. The second-order valence-electron chi connectivity index (χ2n) is 3.94.